The minimum Gasteiger partial charge on any atom is -0.648 e. The number of aromatic amines is 2. The van der Waals surface area contributed by atoms with Gasteiger partial charge in [0.2, 0.25) is 24.9 Å². The van der Waals surface area contributed by atoms with Crippen molar-refractivity contribution in [3.63, 3.8) is 0 Å². The Labute approximate surface area is 545 Å². The smallest absolute Gasteiger partial charge is 0.335 e. The molecule has 0 aliphatic rings. The molecule has 2 atom stereocenters. The lowest BCUT2D eigenvalue weighted by Crippen LogP contribution is -2.75. The van der Waals surface area contributed by atoms with E-state index in [4.69, 9.17) is 0 Å². The van der Waals surface area contributed by atoms with E-state index in [1.165, 1.54) is 12.4 Å². The lowest BCUT2D eigenvalue weighted by Gasteiger charge is -2.25. The van der Waals surface area contributed by atoms with Gasteiger partial charge in [-0.05, 0) is 56.6 Å². The summed E-state index contributed by atoms with van der Waals surface area (Å²) in [6, 6.07) is 36.3. The Hall–Kier alpha value is -11.7. The van der Waals surface area contributed by atoms with Crippen molar-refractivity contribution in [3.8, 4) is 55.9 Å². The highest BCUT2D eigenvalue weighted by Gasteiger charge is 2.23. The summed E-state index contributed by atoms with van der Waals surface area (Å²) < 4.78 is 15.6. The predicted molar refractivity (Wildman–Crippen MR) is 346 cm³/mol. The average molecular weight is 1260 g/mol. The fraction of sp³-hybridized carbons (Fsp3) is 0.222. The van der Waals surface area contributed by atoms with Crippen LogP contribution in [0.4, 0.5) is 0 Å². The number of hydrogen-bond donors (Lipinski definition) is 4. The number of nitrogens with one attached hydrogen (secondary N) is 3. The van der Waals surface area contributed by atoms with Crippen LogP contribution < -0.4 is 51.5 Å². The Morgan fingerprint density at radius 1 is 0.394 bits per heavy atom. The third-order valence-electron chi connectivity index (χ3n) is 15.7. The molecule has 2 unspecified atom stereocenters. The number of aliphatic hydroxyl groups excluding tert-OH is 3. The maximum absolute atomic E-state index is 13.9. The van der Waals surface area contributed by atoms with Crippen molar-refractivity contribution in [2.45, 2.75) is 51.1 Å². The van der Waals surface area contributed by atoms with Crippen molar-refractivity contribution in [1.29, 1.82) is 0 Å². The van der Waals surface area contributed by atoms with Crippen LogP contribution in [0.2, 0.25) is 0 Å². The van der Waals surface area contributed by atoms with Gasteiger partial charge in [0.25, 0.3) is 11.4 Å². The summed E-state index contributed by atoms with van der Waals surface area (Å²) in [5.74, 6) is -3.00. The number of nitrogens with zero attached hydrogens (tertiary/aromatic N) is 13. The first-order valence-corrected chi connectivity index (χ1v) is 30.9. The van der Waals surface area contributed by atoms with Gasteiger partial charge >= 0.3 is 5.90 Å². The average Bonchev–Trinajstić information content (AvgIpc) is 1.49. The summed E-state index contributed by atoms with van der Waals surface area (Å²) in [6.45, 7) is 2.43. The molecular weight excluding hydrogens is 1180 g/mol. The molecule has 0 fully saturated rings. The molecule has 474 valence electrons. The molecule has 0 spiro atoms. The van der Waals surface area contributed by atoms with Gasteiger partial charge in [0, 0.05) is 116 Å². The number of aliphatic imine (C=N–C) groups is 2. The Kier molecular flexibility index (Phi) is 22.1. The van der Waals surface area contributed by atoms with Crippen molar-refractivity contribution >= 4 is 35.4 Å². The Morgan fingerprint density at radius 3 is 0.989 bits per heavy atom. The lowest BCUT2D eigenvalue weighted by atomic mass is 10.1. The van der Waals surface area contributed by atoms with Gasteiger partial charge in [0.15, 0.2) is 112 Å². The van der Waals surface area contributed by atoms with Gasteiger partial charge in [0.1, 0.15) is 59.9 Å². The first kappa shape index (κ1) is 65.3. The fourth-order valence-corrected chi connectivity index (χ4v) is 10.1. The van der Waals surface area contributed by atoms with Crippen LogP contribution in [0, 0.1) is 0 Å². The number of amides is 3. The molecule has 0 aliphatic carbocycles. The zero-order valence-corrected chi connectivity index (χ0v) is 53.0. The molecule has 10 rings (SSSR count). The summed E-state index contributed by atoms with van der Waals surface area (Å²) in [6.07, 6.45) is 33.7. The third kappa shape index (κ3) is 18.7. The highest BCUT2D eigenvalue weighted by atomic mass is 16.3. The van der Waals surface area contributed by atoms with E-state index in [1.807, 2.05) is 261 Å². The number of aliphatic hydroxyl groups is 3. The summed E-state index contributed by atoms with van der Waals surface area (Å²) in [5.41, 5.74) is 10.1. The lowest BCUT2D eigenvalue weighted by molar-refractivity contribution is -0.718. The van der Waals surface area contributed by atoms with Crippen LogP contribution in [0.3, 0.4) is 0 Å². The summed E-state index contributed by atoms with van der Waals surface area (Å²) in [4.78, 5) is 59.2. The zero-order chi connectivity index (χ0) is 65.8. The Morgan fingerprint density at radius 2 is 0.681 bits per heavy atom. The Balaban J connectivity index is 0.787. The van der Waals surface area contributed by atoms with Gasteiger partial charge in [-0.1, -0.05) is 19.6 Å². The van der Waals surface area contributed by atoms with Crippen molar-refractivity contribution in [1.82, 2.24) is 0 Å². The topological polar surface area (TPSA) is 252 Å². The quantitative estimate of drug-likeness (QED) is 0.0342. The van der Waals surface area contributed by atoms with E-state index in [-0.39, 0.29) is 43.1 Å². The summed E-state index contributed by atoms with van der Waals surface area (Å²) >= 11 is 0. The number of aromatic nitrogens is 10. The number of carbonyl (C=O) groups is 3. The minimum atomic E-state index is -1.36. The fourth-order valence-electron chi connectivity index (χ4n) is 10.1. The SMILES string of the molecule is C[n+]1ccc(-c2cc[n+](CC[N-]C(=O)CC(N=C(O)c3ccc(-c4ccc(C(O)=NC(CC(O)=[NH+]CC[n+]5ccc(-c6cc[n+](C)cc6)cc5)C(=O)[N-]CC[n+]5ccc(-c6cc[n+](C)cc6)cc5)c[nH+]4)[nH+]c3)C(=O)[N-]CC[n+]3ccc(-c4cc[n+](C)cc4)cc3)cc2)cc1. The monoisotopic (exact) mass is 1260 g/mol. The number of hydrogen-bond acceptors (Lipinski definition) is 5. The van der Waals surface area contributed by atoms with Crippen LogP contribution in [-0.2, 0) is 68.8 Å². The highest BCUT2D eigenvalue weighted by molar-refractivity contribution is 6.02. The van der Waals surface area contributed by atoms with Crippen LogP contribution in [0.25, 0.3) is 71.8 Å². The maximum atomic E-state index is 13.9. The van der Waals surface area contributed by atoms with Crippen LogP contribution in [0.1, 0.15) is 24.0 Å². The van der Waals surface area contributed by atoms with Crippen molar-refractivity contribution in [2.24, 2.45) is 38.2 Å². The number of rotatable bonds is 27. The van der Waals surface area contributed by atoms with Gasteiger partial charge in [-0.25, -0.2) is 56.9 Å². The van der Waals surface area contributed by atoms with Gasteiger partial charge in [-0.15, -0.1) is 0 Å². The van der Waals surface area contributed by atoms with Crippen molar-refractivity contribution in [3.05, 3.63) is 260 Å². The molecular formula is C72H78N16O6+8. The minimum absolute atomic E-state index is 0.0996. The van der Waals surface area contributed by atoms with E-state index in [2.05, 4.69) is 40.9 Å². The summed E-state index contributed by atoms with van der Waals surface area (Å²) in [5, 5.41) is 46.9. The molecule has 10 heterocycles. The highest BCUT2D eigenvalue weighted by Crippen LogP contribution is 2.20. The van der Waals surface area contributed by atoms with E-state index in [9.17, 15) is 29.7 Å². The second kappa shape index (κ2) is 31.9. The standard InChI is InChI=1S/C72H72N16O6/c1-81-29-9-53(10-30-81)57-17-37-85(38-18-57)45-25-73-67(89)49-65(71(93)75-27-47-87-41-21-59(22-42-87)55-13-33-83(3)34-14-55)79-69(91)61-5-7-63(77-51-61)64-8-6-62(52-78-64)70(92)80-66(72(94)76-28-48-88-43-23-60(24-44-88)56-15-35-84(4)36-16-56)50-68(90)74-26-46-86-39-19-58(20-40-86)54-11-31-82(2)32-12-54/h5-24,29-44,51-52,65-66H,25-28,45-50H2,1-4H3/q+2/p+6. The predicted octanol–water partition coefficient (Wildman–Crippen LogP) is 2.76. The van der Waals surface area contributed by atoms with E-state index in [0.29, 0.717) is 44.1 Å². The normalized spacial score (nSPS) is 12.4. The first-order valence-electron chi connectivity index (χ1n) is 30.9. The second-order valence-corrected chi connectivity index (χ2v) is 22.7. The molecule has 0 radical (unpaired) electrons. The van der Waals surface area contributed by atoms with Gasteiger partial charge < -0.3 is 45.7 Å². The molecule has 6 N–H and O–H groups in total. The van der Waals surface area contributed by atoms with E-state index in [0.717, 1.165) is 44.5 Å². The molecule has 0 bridgehead atoms. The molecule has 3 amide bonds. The van der Waals surface area contributed by atoms with Crippen LogP contribution in [-0.4, -0.2) is 89.0 Å². The molecule has 22 heteroatoms. The largest absolute Gasteiger partial charge is 0.648 e. The zero-order valence-electron chi connectivity index (χ0n) is 53.0. The Bertz CT molecular complexity index is 4250. The number of carbonyl (C=O) groups excluding carboxylic acids is 3. The van der Waals surface area contributed by atoms with Crippen molar-refractivity contribution < 1.29 is 81.2 Å². The summed E-state index contributed by atoms with van der Waals surface area (Å²) in [7, 11) is 7.86. The molecule has 22 nitrogen and oxygen atoms in total. The van der Waals surface area contributed by atoms with Crippen LogP contribution in [0.15, 0.2) is 243 Å². The number of H-pyrrole nitrogens is 2. The van der Waals surface area contributed by atoms with E-state index >= 15 is 0 Å². The molecule has 10 aromatic rings. The number of aryl methyl sites for hydroxylation is 4. The van der Waals surface area contributed by atoms with Gasteiger partial charge in [0.05, 0.1) is 35.3 Å². The first-order chi connectivity index (χ1) is 45.6. The van der Waals surface area contributed by atoms with Gasteiger partial charge in [-0.2, -0.15) is 4.57 Å². The van der Waals surface area contributed by atoms with E-state index in [1.54, 1.807) is 24.3 Å². The maximum Gasteiger partial charge on any atom is 0.335 e. The van der Waals surface area contributed by atoms with Gasteiger partial charge in [-0.3, -0.25) is 0 Å². The van der Waals surface area contributed by atoms with Crippen LogP contribution >= 0.6 is 0 Å². The molecule has 10 aromatic heterocycles. The second-order valence-electron chi connectivity index (χ2n) is 22.7. The third-order valence-corrected chi connectivity index (χ3v) is 15.7. The van der Waals surface area contributed by atoms with Crippen molar-refractivity contribution in [2.75, 3.05) is 26.2 Å². The molecule has 94 heavy (non-hydrogen) atoms. The molecule has 0 saturated carbocycles. The van der Waals surface area contributed by atoms with Crippen LogP contribution in [0.5, 0.6) is 0 Å². The molecule has 0 aliphatic heterocycles. The number of pyridine rings is 10. The van der Waals surface area contributed by atoms with E-state index < -0.39 is 48.0 Å². The molecule has 0 saturated heterocycles. The molecule has 0 aromatic carbocycles.